The molecule has 1 aliphatic carbocycles. The number of allylic oxidation sites excluding steroid dienone is 2. The van der Waals surface area contributed by atoms with Gasteiger partial charge in [0.15, 0.2) is 11.6 Å². The largest absolute Gasteiger partial charge is 0.416 e. The van der Waals surface area contributed by atoms with Crippen LogP contribution >= 0.6 is 0 Å². The number of imidazole rings is 1. The molecule has 45 heavy (non-hydrogen) atoms. The van der Waals surface area contributed by atoms with Gasteiger partial charge < -0.3 is 14.4 Å². The first kappa shape index (κ1) is 29.1. The number of aromatic nitrogens is 3. The van der Waals surface area contributed by atoms with Crippen LogP contribution in [0.1, 0.15) is 35.7 Å². The fourth-order valence-corrected chi connectivity index (χ4v) is 6.47. The van der Waals surface area contributed by atoms with Crippen LogP contribution in [-0.2, 0) is 33.6 Å². The lowest BCUT2D eigenvalue weighted by Crippen LogP contribution is -2.59. The fraction of sp³-hybridized carbons (Fsp3) is 0.333. The average Bonchev–Trinajstić information content (AvgIpc) is 3.56. The zero-order valence-corrected chi connectivity index (χ0v) is 23.5. The Balaban J connectivity index is 1.37. The van der Waals surface area contributed by atoms with Crippen LogP contribution in [0.5, 0.6) is 0 Å². The molecule has 15 heteroatoms. The summed E-state index contributed by atoms with van der Waals surface area (Å²) < 4.78 is 92.7. The number of alkyl halides is 6. The highest BCUT2D eigenvalue weighted by Gasteiger charge is 2.50. The van der Waals surface area contributed by atoms with Gasteiger partial charge in [0.25, 0.3) is 0 Å². The van der Waals surface area contributed by atoms with E-state index in [0.717, 1.165) is 24.0 Å². The van der Waals surface area contributed by atoms with Gasteiger partial charge in [0, 0.05) is 48.6 Å². The lowest BCUT2D eigenvalue weighted by molar-refractivity contribution is -0.354. The molecule has 1 aromatic carbocycles. The van der Waals surface area contributed by atoms with Crippen LogP contribution in [0.25, 0.3) is 27.7 Å². The van der Waals surface area contributed by atoms with Crippen LogP contribution in [0, 0.1) is 0 Å². The van der Waals surface area contributed by atoms with E-state index >= 15 is 0 Å². The molecule has 1 saturated heterocycles. The maximum absolute atomic E-state index is 14.5. The second kappa shape index (κ2) is 9.67. The average molecular weight is 632 g/mol. The van der Waals surface area contributed by atoms with Crippen molar-refractivity contribution in [3.8, 4) is 0 Å². The van der Waals surface area contributed by atoms with Gasteiger partial charge in [0.1, 0.15) is 12.2 Å². The number of halogens is 6. The third-order valence-electron chi connectivity index (χ3n) is 8.17. The first-order valence-electron chi connectivity index (χ1n) is 13.9. The summed E-state index contributed by atoms with van der Waals surface area (Å²) in [6, 6.07) is 5.91. The molecule has 2 amide bonds. The van der Waals surface area contributed by atoms with E-state index < -0.39 is 67.4 Å². The molecule has 0 spiro atoms. The standard InChI is InChI=1S/C30H23F6N5O4/c1-28(31)14-40(15-29(32,33)45-28)27(44)39-7-6-38-13-19(18-9-17(30(34,35)36)8-16(12-39)26(18)38)24-21(42)10-22(43)25(24)20-11-37-23-4-2-3-5-41(20)23/h2-5,8-9,11,13H,6-7,10,12,14-15H2,1H3. The summed E-state index contributed by atoms with van der Waals surface area (Å²) in [4.78, 5) is 45.8. The number of rotatable bonds is 2. The molecule has 3 aliphatic rings. The summed E-state index contributed by atoms with van der Waals surface area (Å²) in [5.41, 5.74) is 0.188. The Labute approximate surface area is 250 Å². The summed E-state index contributed by atoms with van der Waals surface area (Å²) in [5, 5.41) is 0.0349. The Bertz CT molecular complexity index is 1960. The number of nitrogens with zero attached hydrogens (tertiary/aromatic N) is 5. The van der Waals surface area contributed by atoms with E-state index in [0.29, 0.717) is 16.2 Å². The van der Waals surface area contributed by atoms with E-state index in [1.807, 2.05) is 0 Å². The molecule has 0 N–H and O–H groups in total. The monoisotopic (exact) mass is 631 g/mol. The Morgan fingerprint density at radius 1 is 1.00 bits per heavy atom. The number of ketones is 2. The van der Waals surface area contributed by atoms with Crippen molar-refractivity contribution in [2.75, 3.05) is 19.6 Å². The molecule has 1 atom stereocenters. The number of fused-ring (bicyclic) bond motifs is 1. The number of ether oxygens (including phenoxy) is 1. The van der Waals surface area contributed by atoms with Gasteiger partial charge in [-0.2, -0.15) is 22.0 Å². The maximum Gasteiger partial charge on any atom is 0.416 e. The van der Waals surface area contributed by atoms with E-state index in [1.165, 1.54) is 12.4 Å². The van der Waals surface area contributed by atoms with Crippen molar-refractivity contribution < 1.29 is 45.5 Å². The normalized spacial score (nSPS) is 22.2. The zero-order valence-electron chi connectivity index (χ0n) is 23.5. The Hall–Kier alpha value is -4.66. The molecular formula is C30H23F6N5O4. The SMILES string of the molecule is CC1(F)CN(C(=O)N2CCn3cc(C4=C(c5cnc6ccccn56)C(=O)CC4=O)c4cc(C(F)(F)F)cc(c43)C2)CC(F)(F)O1. The minimum Gasteiger partial charge on any atom is -0.345 e. The second-order valence-electron chi connectivity index (χ2n) is 11.5. The molecule has 0 radical (unpaired) electrons. The second-order valence-corrected chi connectivity index (χ2v) is 11.5. The lowest BCUT2D eigenvalue weighted by atomic mass is 9.96. The van der Waals surface area contributed by atoms with Crippen LogP contribution in [0.3, 0.4) is 0 Å². The van der Waals surface area contributed by atoms with Crippen LogP contribution in [0.15, 0.2) is 48.9 Å². The van der Waals surface area contributed by atoms with Gasteiger partial charge in [0.2, 0.25) is 5.85 Å². The van der Waals surface area contributed by atoms with Crippen molar-refractivity contribution in [1.29, 1.82) is 0 Å². The molecule has 7 rings (SSSR count). The van der Waals surface area contributed by atoms with Crippen LogP contribution in [0.2, 0.25) is 0 Å². The van der Waals surface area contributed by atoms with Gasteiger partial charge in [-0.05, 0) is 36.8 Å². The minimum absolute atomic E-state index is 0.00853. The molecule has 234 valence electrons. The Kier molecular flexibility index (Phi) is 6.25. The summed E-state index contributed by atoms with van der Waals surface area (Å²) in [6.45, 7) is -1.81. The topological polar surface area (TPSA) is 89.2 Å². The quantitative estimate of drug-likeness (QED) is 0.221. The number of urea groups is 1. The third-order valence-corrected chi connectivity index (χ3v) is 8.17. The van der Waals surface area contributed by atoms with Crippen LogP contribution in [-0.4, -0.2) is 72.9 Å². The first-order chi connectivity index (χ1) is 21.1. The van der Waals surface area contributed by atoms with E-state index in [9.17, 15) is 40.7 Å². The first-order valence-corrected chi connectivity index (χ1v) is 13.9. The number of hydrogen-bond acceptors (Lipinski definition) is 5. The fourth-order valence-electron chi connectivity index (χ4n) is 6.47. The Morgan fingerprint density at radius 3 is 2.49 bits per heavy atom. The number of hydrogen-bond donors (Lipinski definition) is 0. The lowest BCUT2D eigenvalue weighted by Gasteiger charge is -2.41. The molecule has 0 saturated carbocycles. The number of amides is 2. The molecule has 9 nitrogen and oxygen atoms in total. The molecular weight excluding hydrogens is 608 g/mol. The van der Waals surface area contributed by atoms with E-state index in [1.54, 1.807) is 33.4 Å². The van der Waals surface area contributed by atoms with Crippen molar-refractivity contribution in [2.24, 2.45) is 0 Å². The summed E-state index contributed by atoms with van der Waals surface area (Å²) in [5.74, 6) is -3.90. The zero-order chi connectivity index (χ0) is 32.1. The molecule has 3 aromatic heterocycles. The van der Waals surface area contributed by atoms with Crippen LogP contribution in [0.4, 0.5) is 31.1 Å². The van der Waals surface area contributed by atoms with Gasteiger partial charge in [-0.15, -0.1) is 0 Å². The van der Waals surface area contributed by atoms with Gasteiger partial charge in [-0.1, -0.05) is 6.07 Å². The highest BCUT2D eigenvalue weighted by molar-refractivity contribution is 6.51. The maximum atomic E-state index is 14.5. The number of benzene rings is 1. The third kappa shape index (κ3) is 4.85. The van der Waals surface area contributed by atoms with Crippen molar-refractivity contribution in [1.82, 2.24) is 23.8 Å². The Morgan fingerprint density at radius 2 is 1.76 bits per heavy atom. The van der Waals surface area contributed by atoms with Gasteiger partial charge >= 0.3 is 18.3 Å². The number of carbonyl (C=O) groups is 3. The minimum atomic E-state index is -4.83. The van der Waals surface area contributed by atoms with E-state index in [4.69, 9.17) is 0 Å². The molecule has 0 bridgehead atoms. The number of Topliss-reactive ketones (excluding diaryl/α,β-unsaturated/α-hetero) is 2. The number of pyridine rings is 1. The predicted octanol–water partition coefficient (Wildman–Crippen LogP) is 5.31. The number of carbonyl (C=O) groups excluding carboxylic acids is 3. The smallest absolute Gasteiger partial charge is 0.345 e. The molecule has 1 fully saturated rings. The van der Waals surface area contributed by atoms with Gasteiger partial charge in [0.05, 0.1) is 41.5 Å². The van der Waals surface area contributed by atoms with Gasteiger partial charge in [-0.25, -0.2) is 14.2 Å². The summed E-state index contributed by atoms with van der Waals surface area (Å²) >= 11 is 0. The molecule has 2 aliphatic heterocycles. The highest BCUT2D eigenvalue weighted by atomic mass is 19.4. The van der Waals surface area contributed by atoms with E-state index in [-0.39, 0.29) is 46.3 Å². The molecule has 1 unspecified atom stereocenters. The molecule has 4 aromatic rings. The van der Waals surface area contributed by atoms with Crippen molar-refractivity contribution in [2.45, 2.75) is 44.6 Å². The molecule has 5 heterocycles. The van der Waals surface area contributed by atoms with Crippen LogP contribution < -0.4 is 0 Å². The summed E-state index contributed by atoms with van der Waals surface area (Å²) in [6.07, 6.45) is -4.72. The summed E-state index contributed by atoms with van der Waals surface area (Å²) in [7, 11) is 0. The predicted molar refractivity (Wildman–Crippen MR) is 147 cm³/mol. The van der Waals surface area contributed by atoms with Crippen molar-refractivity contribution >= 4 is 45.3 Å². The highest BCUT2D eigenvalue weighted by Crippen LogP contribution is 2.43. The van der Waals surface area contributed by atoms with Crippen molar-refractivity contribution in [3.05, 3.63) is 71.3 Å². The van der Waals surface area contributed by atoms with Gasteiger partial charge in [-0.3, -0.25) is 18.7 Å². The van der Waals surface area contributed by atoms with Crippen molar-refractivity contribution in [3.63, 3.8) is 0 Å². The van der Waals surface area contributed by atoms with E-state index in [2.05, 4.69) is 9.72 Å². The number of morpholine rings is 1.